The summed E-state index contributed by atoms with van der Waals surface area (Å²) in [5, 5.41) is 8.15. The third-order valence-electron chi connectivity index (χ3n) is 4.58. The number of amides is 1. The second-order valence-corrected chi connectivity index (χ2v) is 6.93. The molecule has 3 rings (SSSR count). The van der Waals surface area contributed by atoms with Crippen LogP contribution in [-0.4, -0.2) is 41.4 Å². The van der Waals surface area contributed by atoms with E-state index in [1.807, 2.05) is 43.7 Å². The van der Waals surface area contributed by atoms with Crippen LogP contribution in [0.4, 0.5) is 0 Å². The van der Waals surface area contributed by atoms with Crippen molar-refractivity contribution in [2.45, 2.75) is 33.2 Å². The predicted molar refractivity (Wildman–Crippen MR) is 108 cm³/mol. The molecular formula is C21H26N4O3. The summed E-state index contributed by atoms with van der Waals surface area (Å²) in [6.45, 7) is 6.48. The monoisotopic (exact) mass is 382 g/mol. The third kappa shape index (κ3) is 3.93. The summed E-state index contributed by atoms with van der Waals surface area (Å²) in [4.78, 5) is 17.3. The van der Waals surface area contributed by atoms with Gasteiger partial charge < -0.3 is 14.8 Å². The van der Waals surface area contributed by atoms with Crippen molar-refractivity contribution in [3.8, 4) is 11.5 Å². The molecule has 1 aromatic carbocycles. The van der Waals surface area contributed by atoms with E-state index in [1.54, 1.807) is 26.5 Å². The van der Waals surface area contributed by atoms with Crippen LogP contribution < -0.4 is 14.8 Å². The zero-order valence-electron chi connectivity index (χ0n) is 16.9. The van der Waals surface area contributed by atoms with Crippen molar-refractivity contribution < 1.29 is 14.3 Å². The highest BCUT2D eigenvalue weighted by molar-refractivity contribution is 6.05. The molecule has 0 radical (unpaired) electrons. The Kier molecular flexibility index (Phi) is 5.82. The lowest BCUT2D eigenvalue weighted by Crippen LogP contribution is -2.26. The van der Waals surface area contributed by atoms with Gasteiger partial charge in [-0.05, 0) is 51.0 Å². The predicted octanol–water partition coefficient (Wildman–Crippen LogP) is 3.31. The fourth-order valence-electron chi connectivity index (χ4n) is 3.16. The fourth-order valence-corrected chi connectivity index (χ4v) is 3.16. The van der Waals surface area contributed by atoms with E-state index in [0.717, 1.165) is 22.3 Å². The van der Waals surface area contributed by atoms with Crippen LogP contribution in [0.25, 0.3) is 11.0 Å². The van der Waals surface area contributed by atoms with Gasteiger partial charge in [-0.25, -0.2) is 9.67 Å². The van der Waals surface area contributed by atoms with Crippen molar-refractivity contribution in [3.63, 3.8) is 0 Å². The lowest BCUT2D eigenvalue weighted by Gasteiger charge is -2.11. The van der Waals surface area contributed by atoms with Crippen LogP contribution >= 0.6 is 0 Å². The minimum Gasteiger partial charge on any atom is -0.493 e. The van der Waals surface area contributed by atoms with E-state index in [0.29, 0.717) is 30.0 Å². The number of fused-ring (bicyclic) bond motifs is 1. The Balaban J connectivity index is 1.74. The highest BCUT2D eigenvalue weighted by Crippen LogP contribution is 2.27. The Bertz CT molecular complexity index is 995. The molecule has 0 bridgehead atoms. The summed E-state index contributed by atoms with van der Waals surface area (Å²) in [5.74, 6) is 1.24. The van der Waals surface area contributed by atoms with Gasteiger partial charge in [0.25, 0.3) is 5.91 Å². The first-order valence-corrected chi connectivity index (χ1v) is 9.28. The molecule has 0 saturated carbocycles. The number of benzene rings is 1. The summed E-state index contributed by atoms with van der Waals surface area (Å²) in [6.07, 6.45) is 2.40. The fraction of sp³-hybridized carbons (Fsp3) is 0.381. The van der Waals surface area contributed by atoms with Gasteiger partial charge in [0.1, 0.15) is 0 Å². The molecule has 28 heavy (non-hydrogen) atoms. The number of hydrogen-bond donors (Lipinski definition) is 1. The number of rotatable bonds is 7. The number of methoxy groups -OCH3 is 2. The number of aryl methyl sites for hydroxylation is 1. The van der Waals surface area contributed by atoms with Crippen LogP contribution in [0, 0.1) is 6.92 Å². The topological polar surface area (TPSA) is 78.3 Å². The molecule has 0 fully saturated rings. The largest absolute Gasteiger partial charge is 0.493 e. The first kappa shape index (κ1) is 19.7. The number of ether oxygens (including phenoxy) is 2. The molecule has 0 aliphatic heterocycles. The molecule has 0 spiro atoms. The maximum Gasteiger partial charge on any atom is 0.252 e. The van der Waals surface area contributed by atoms with E-state index in [9.17, 15) is 4.79 Å². The van der Waals surface area contributed by atoms with Crippen molar-refractivity contribution >= 4 is 16.9 Å². The second-order valence-electron chi connectivity index (χ2n) is 6.93. The van der Waals surface area contributed by atoms with Gasteiger partial charge in [-0.3, -0.25) is 4.79 Å². The Hall–Kier alpha value is -3.09. The van der Waals surface area contributed by atoms with Gasteiger partial charge in [-0.15, -0.1) is 0 Å². The standard InChI is InChI=1S/C21H26N4O3/c1-13(2)25-20-17(12-23-25)16(10-14(3)24-20)21(26)22-9-8-15-6-7-18(27-4)19(11-15)28-5/h6-7,10-13H,8-9H2,1-5H3,(H,22,26). The van der Waals surface area contributed by atoms with E-state index < -0.39 is 0 Å². The van der Waals surface area contributed by atoms with Gasteiger partial charge in [0.05, 0.1) is 31.4 Å². The summed E-state index contributed by atoms with van der Waals surface area (Å²) < 4.78 is 12.4. The molecular weight excluding hydrogens is 356 g/mol. The summed E-state index contributed by atoms with van der Waals surface area (Å²) in [5.41, 5.74) is 3.18. The summed E-state index contributed by atoms with van der Waals surface area (Å²) in [6, 6.07) is 7.74. The van der Waals surface area contributed by atoms with Crippen LogP contribution in [0.1, 0.15) is 41.5 Å². The maximum atomic E-state index is 12.8. The zero-order chi connectivity index (χ0) is 20.3. The summed E-state index contributed by atoms with van der Waals surface area (Å²) in [7, 11) is 3.22. The average Bonchev–Trinajstić information content (AvgIpc) is 3.10. The molecule has 148 valence electrons. The van der Waals surface area contributed by atoms with Gasteiger partial charge in [-0.2, -0.15) is 5.10 Å². The second kappa shape index (κ2) is 8.29. The molecule has 3 aromatic rings. The molecule has 2 heterocycles. The van der Waals surface area contributed by atoms with Crippen molar-refractivity contribution in [3.05, 3.63) is 47.3 Å². The first-order valence-electron chi connectivity index (χ1n) is 9.28. The molecule has 1 N–H and O–H groups in total. The number of aromatic nitrogens is 3. The van der Waals surface area contributed by atoms with Gasteiger partial charge >= 0.3 is 0 Å². The molecule has 0 aliphatic rings. The molecule has 0 aliphatic carbocycles. The number of pyridine rings is 1. The van der Waals surface area contributed by atoms with E-state index in [4.69, 9.17) is 9.47 Å². The summed E-state index contributed by atoms with van der Waals surface area (Å²) >= 11 is 0. The van der Waals surface area contributed by atoms with Crippen LogP contribution in [0.15, 0.2) is 30.5 Å². The Morgan fingerprint density at radius 1 is 1.18 bits per heavy atom. The van der Waals surface area contributed by atoms with E-state index >= 15 is 0 Å². The van der Waals surface area contributed by atoms with Gasteiger partial charge in [0.15, 0.2) is 17.1 Å². The van der Waals surface area contributed by atoms with Crippen LogP contribution in [0.5, 0.6) is 11.5 Å². The minimum atomic E-state index is -0.126. The third-order valence-corrected chi connectivity index (χ3v) is 4.58. The number of carbonyl (C=O) groups excluding carboxylic acids is 1. The van der Waals surface area contributed by atoms with Crippen LogP contribution in [-0.2, 0) is 6.42 Å². The number of hydrogen-bond acceptors (Lipinski definition) is 5. The lowest BCUT2D eigenvalue weighted by atomic mass is 10.1. The zero-order valence-corrected chi connectivity index (χ0v) is 16.9. The SMILES string of the molecule is COc1ccc(CCNC(=O)c2cc(C)nc3c2cnn3C(C)C)cc1OC. The highest BCUT2D eigenvalue weighted by Gasteiger charge is 2.16. The Labute approximate surface area is 164 Å². The normalized spacial score (nSPS) is 11.1. The van der Waals surface area contributed by atoms with E-state index in [1.165, 1.54) is 0 Å². The molecule has 0 saturated heterocycles. The van der Waals surface area contributed by atoms with Crippen LogP contribution in [0.3, 0.4) is 0 Å². The first-order chi connectivity index (χ1) is 13.4. The Morgan fingerprint density at radius 3 is 2.61 bits per heavy atom. The molecule has 0 unspecified atom stereocenters. The molecule has 0 atom stereocenters. The van der Waals surface area contributed by atoms with E-state index in [2.05, 4.69) is 15.4 Å². The highest BCUT2D eigenvalue weighted by atomic mass is 16.5. The smallest absolute Gasteiger partial charge is 0.252 e. The molecule has 1 amide bonds. The van der Waals surface area contributed by atoms with Crippen molar-refractivity contribution in [2.24, 2.45) is 0 Å². The van der Waals surface area contributed by atoms with Gasteiger partial charge in [0, 0.05) is 18.3 Å². The van der Waals surface area contributed by atoms with E-state index in [-0.39, 0.29) is 11.9 Å². The van der Waals surface area contributed by atoms with Crippen molar-refractivity contribution in [1.29, 1.82) is 0 Å². The molecule has 7 nitrogen and oxygen atoms in total. The lowest BCUT2D eigenvalue weighted by molar-refractivity contribution is 0.0955. The maximum absolute atomic E-state index is 12.8. The Morgan fingerprint density at radius 2 is 1.93 bits per heavy atom. The van der Waals surface area contributed by atoms with Gasteiger partial charge in [-0.1, -0.05) is 6.07 Å². The van der Waals surface area contributed by atoms with Crippen molar-refractivity contribution in [1.82, 2.24) is 20.1 Å². The minimum absolute atomic E-state index is 0.126. The molecule has 2 aromatic heterocycles. The average molecular weight is 382 g/mol. The quantitative estimate of drug-likeness (QED) is 0.678. The van der Waals surface area contributed by atoms with Crippen molar-refractivity contribution in [2.75, 3.05) is 20.8 Å². The number of carbonyl (C=O) groups is 1. The number of nitrogens with zero attached hydrogens (tertiary/aromatic N) is 3. The van der Waals surface area contributed by atoms with Gasteiger partial charge in [0.2, 0.25) is 0 Å². The number of nitrogens with one attached hydrogen (secondary N) is 1. The van der Waals surface area contributed by atoms with Crippen LogP contribution in [0.2, 0.25) is 0 Å². The molecule has 7 heteroatoms.